The van der Waals surface area contributed by atoms with Crippen molar-refractivity contribution < 1.29 is 9.47 Å². The van der Waals surface area contributed by atoms with Crippen molar-refractivity contribution in [2.45, 2.75) is 38.4 Å². The van der Waals surface area contributed by atoms with Crippen molar-refractivity contribution in [3.63, 3.8) is 0 Å². The van der Waals surface area contributed by atoms with Gasteiger partial charge in [-0.3, -0.25) is 0 Å². The molecule has 1 heterocycles. The van der Waals surface area contributed by atoms with E-state index in [1.54, 1.807) is 0 Å². The minimum absolute atomic E-state index is 0.0531. The van der Waals surface area contributed by atoms with Gasteiger partial charge in [0.25, 0.3) is 0 Å². The second-order valence-corrected chi connectivity index (χ2v) is 4.41. The van der Waals surface area contributed by atoms with Gasteiger partial charge in [-0.25, -0.2) is 0 Å². The second kappa shape index (κ2) is 6.57. The van der Waals surface area contributed by atoms with Crippen molar-refractivity contribution in [1.29, 1.82) is 0 Å². The van der Waals surface area contributed by atoms with E-state index in [9.17, 15) is 0 Å². The van der Waals surface area contributed by atoms with Gasteiger partial charge in [0.1, 0.15) is 0 Å². The number of hydrogen-bond donors (Lipinski definition) is 0. The molecule has 1 atom stereocenters. The molecule has 1 fully saturated rings. The molecule has 1 aliphatic heterocycles. The molecule has 0 aromatic rings. The quantitative estimate of drug-likeness (QED) is 0.696. The summed E-state index contributed by atoms with van der Waals surface area (Å²) >= 11 is 3.32. The molecular formula is C10H17BrO2. The maximum Gasteiger partial charge on any atom is 0.157 e. The monoisotopic (exact) mass is 248 g/mol. The summed E-state index contributed by atoms with van der Waals surface area (Å²) in [5.41, 5.74) is 0. The zero-order valence-electron chi connectivity index (χ0n) is 7.93. The summed E-state index contributed by atoms with van der Waals surface area (Å²) in [5.74, 6) is 0. The highest BCUT2D eigenvalue weighted by Gasteiger charge is 2.13. The summed E-state index contributed by atoms with van der Waals surface area (Å²) in [5, 5.41) is 0. The molecule has 13 heavy (non-hydrogen) atoms. The van der Waals surface area contributed by atoms with Crippen molar-refractivity contribution in [2.24, 2.45) is 0 Å². The third-order valence-corrected chi connectivity index (χ3v) is 2.43. The van der Waals surface area contributed by atoms with Crippen molar-refractivity contribution in [3.8, 4) is 0 Å². The highest BCUT2D eigenvalue weighted by atomic mass is 79.9. The van der Waals surface area contributed by atoms with Gasteiger partial charge < -0.3 is 9.47 Å². The van der Waals surface area contributed by atoms with E-state index in [0.717, 1.165) is 37.0 Å². The lowest BCUT2D eigenvalue weighted by Gasteiger charge is -2.22. The molecule has 1 saturated heterocycles. The van der Waals surface area contributed by atoms with E-state index < -0.39 is 0 Å². The first-order valence-electron chi connectivity index (χ1n) is 4.85. The third-order valence-electron chi connectivity index (χ3n) is 2.03. The van der Waals surface area contributed by atoms with Gasteiger partial charge >= 0.3 is 0 Å². The zero-order valence-corrected chi connectivity index (χ0v) is 9.51. The van der Waals surface area contributed by atoms with Crippen LogP contribution in [0.4, 0.5) is 0 Å². The van der Waals surface area contributed by atoms with Crippen LogP contribution >= 0.6 is 15.9 Å². The highest BCUT2D eigenvalue weighted by molar-refractivity contribution is 9.11. The molecule has 0 aromatic carbocycles. The van der Waals surface area contributed by atoms with Gasteiger partial charge in [-0.15, -0.1) is 0 Å². The van der Waals surface area contributed by atoms with Crippen LogP contribution in [0.1, 0.15) is 32.1 Å². The predicted molar refractivity (Wildman–Crippen MR) is 56.8 cm³/mol. The molecular weight excluding hydrogens is 232 g/mol. The zero-order chi connectivity index (χ0) is 9.52. The van der Waals surface area contributed by atoms with Gasteiger partial charge in [-0.05, 0) is 36.6 Å². The smallest absolute Gasteiger partial charge is 0.157 e. The van der Waals surface area contributed by atoms with Gasteiger partial charge in [0.05, 0.1) is 6.61 Å². The molecule has 0 bridgehead atoms. The van der Waals surface area contributed by atoms with E-state index in [-0.39, 0.29) is 6.29 Å². The third kappa shape index (κ3) is 5.45. The lowest BCUT2D eigenvalue weighted by atomic mass is 10.2. The summed E-state index contributed by atoms with van der Waals surface area (Å²) in [6.07, 6.45) is 5.51. The first-order chi connectivity index (χ1) is 6.29. The van der Waals surface area contributed by atoms with E-state index in [1.807, 2.05) is 0 Å². The highest BCUT2D eigenvalue weighted by Crippen LogP contribution is 2.15. The molecule has 1 rings (SSSR count). The van der Waals surface area contributed by atoms with Crippen molar-refractivity contribution in [1.82, 2.24) is 0 Å². The Hall–Kier alpha value is 0.140. The van der Waals surface area contributed by atoms with Gasteiger partial charge in [-0.1, -0.05) is 22.5 Å². The molecule has 0 N–H and O–H groups in total. The predicted octanol–water partition coefficient (Wildman–Crippen LogP) is 3.22. The standard InChI is InChI=1S/C10H17BrO2/c1-9(11)5-4-8-13-10-6-2-3-7-12-10/h10H,1-8H2. The molecule has 0 aromatic heterocycles. The second-order valence-electron chi connectivity index (χ2n) is 3.29. The summed E-state index contributed by atoms with van der Waals surface area (Å²) in [7, 11) is 0. The molecule has 0 spiro atoms. The average Bonchev–Trinajstić information content (AvgIpc) is 2.14. The van der Waals surface area contributed by atoms with Gasteiger partial charge in [-0.2, -0.15) is 0 Å². The molecule has 1 aliphatic rings. The molecule has 0 saturated carbocycles. The summed E-state index contributed by atoms with van der Waals surface area (Å²) < 4.78 is 12.0. The largest absolute Gasteiger partial charge is 0.353 e. The summed E-state index contributed by atoms with van der Waals surface area (Å²) in [6, 6.07) is 0. The molecule has 2 nitrogen and oxygen atoms in total. The van der Waals surface area contributed by atoms with Crippen LogP contribution in [0, 0.1) is 0 Å². The maximum atomic E-state index is 5.55. The Balaban J connectivity index is 1.95. The maximum absolute atomic E-state index is 5.55. The topological polar surface area (TPSA) is 18.5 Å². The van der Waals surface area contributed by atoms with Crippen molar-refractivity contribution >= 4 is 15.9 Å². The molecule has 0 amide bonds. The van der Waals surface area contributed by atoms with Crippen LogP contribution in [0.2, 0.25) is 0 Å². The van der Waals surface area contributed by atoms with Crippen LogP contribution in [0.3, 0.4) is 0 Å². The van der Waals surface area contributed by atoms with Crippen LogP contribution in [0.5, 0.6) is 0 Å². The Bertz CT molecular complexity index is 153. The number of hydrogen-bond acceptors (Lipinski definition) is 2. The minimum Gasteiger partial charge on any atom is -0.353 e. The van der Waals surface area contributed by atoms with E-state index in [2.05, 4.69) is 22.5 Å². The fourth-order valence-electron chi connectivity index (χ4n) is 1.32. The number of halogens is 1. The molecule has 0 radical (unpaired) electrons. The molecule has 0 aliphatic carbocycles. The van der Waals surface area contributed by atoms with E-state index >= 15 is 0 Å². The minimum atomic E-state index is 0.0531. The Morgan fingerprint density at radius 3 is 3.00 bits per heavy atom. The van der Waals surface area contributed by atoms with Crippen LogP contribution < -0.4 is 0 Å². The van der Waals surface area contributed by atoms with E-state index in [0.29, 0.717) is 0 Å². The Morgan fingerprint density at radius 1 is 1.54 bits per heavy atom. The number of allylic oxidation sites excluding steroid dienone is 1. The van der Waals surface area contributed by atoms with E-state index in [1.165, 1.54) is 12.8 Å². The Labute approximate surface area is 88.4 Å². The number of rotatable bonds is 5. The first kappa shape index (κ1) is 11.2. The molecule has 3 heteroatoms. The number of ether oxygens (including phenoxy) is 2. The van der Waals surface area contributed by atoms with Crippen LogP contribution in [-0.2, 0) is 9.47 Å². The van der Waals surface area contributed by atoms with Crippen molar-refractivity contribution in [3.05, 3.63) is 11.1 Å². The molecule has 1 unspecified atom stereocenters. The van der Waals surface area contributed by atoms with Crippen molar-refractivity contribution in [2.75, 3.05) is 13.2 Å². The normalized spacial score (nSPS) is 23.0. The Morgan fingerprint density at radius 2 is 2.38 bits per heavy atom. The van der Waals surface area contributed by atoms with Crippen LogP contribution in [0.25, 0.3) is 0 Å². The van der Waals surface area contributed by atoms with Gasteiger partial charge in [0, 0.05) is 6.61 Å². The van der Waals surface area contributed by atoms with Gasteiger partial charge in [0.2, 0.25) is 0 Å². The molecule has 76 valence electrons. The van der Waals surface area contributed by atoms with Crippen LogP contribution in [-0.4, -0.2) is 19.5 Å². The van der Waals surface area contributed by atoms with E-state index in [4.69, 9.17) is 9.47 Å². The summed E-state index contributed by atoms with van der Waals surface area (Å²) in [6.45, 7) is 5.40. The first-order valence-corrected chi connectivity index (χ1v) is 5.65. The average molecular weight is 249 g/mol. The summed E-state index contributed by atoms with van der Waals surface area (Å²) in [4.78, 5) is 0. The van der Waals surface area contributed by atoms with Gasteiger partial charge in [0.15, 0.2) is 6.29 Å². The Kier molecular flexibility index (Phi) is 5.67. The van der Waals surface area contributed by atoms with Crippen LogP contribution in [0.15, 0.2) is 11.1 Å². The fourth-order valence-corrected chi connectivity index (χ4v) is 1.60. The SMILES string of the molecule is C=C(Br)CCCOC1CCCCO1. The fraction of sp³-hybridized carbons (Fsp3) is 0.800. The lowest BCUT2D eigenvalue weighted by molar-refractivity contribution is -0.162. The lowest BCUT2D eigenvalue weighted by Crippen LogP contribution is -2.22.